The molecular weight excluding hydrogens is 164 g/mol. The summed E-state index contributed by atoms with van der Waals surface area (Å²) < 4.78 is 0. The lowest BCUT2D eigenvalue weighted by Crippen LogP contribution is -2.45. The van der Waals surface area contributed by atoms with Gasteiger partial charge >= 0.3 is 0 Å². The maximum absolute atomic E-state index is 11.7. The zero-order valence-corrected chi connectivity index (χ0v) is 8.25. The zero-order chi connectivity index (χ0) is 9.47. The average Bonchev–Trinajstić information content (AvgIpc) is 2.88. The molecule has 13 heavy (non-hydrogen) atoms. The van der Waals surface area contributed by atoms with E-state index in [1.807, 2.05) is 0 Å². The molecule has 2 fully saturated rings. The molecule has 2 aliphatic carbocycles. The summed E-state index contributed by atoms with van der Waals surface area (Å²) in [7, 11) is 0. The van der Waals surface area contributed by atoms with E-state index in [0.29, 0.717) is 5.92 Å². The number of carbonyl (C=O) groups is 1. The van der Waals surface area contributed by atoms with Gasteiger partial charge in [0.25, 0.3) is 0 Å². The first kappa shape index (κ1) is 9.20. The fourth-order valence-electron chi connectivity index (χ4n) is 2.95. The van der Waals surface area contributed by atoms with Crippen molar-refractivity contribution in [3.63, 3.8) is 0 Å². The van der Waals surface area contributed by atoms with Gasteiger partial charge in [0.1, 0.15) is 5.78 Å². The molecule has 0 aromatic carbocycles. The fourth-order valence-corrected chi connectivity index (χ4v) is 2.95. The summed E-state index contributed by atoms with van der Waals surface area (Å²) in [6.45, 7) is 1.66. The number of carbonyl (C=O) groups excluding carboxylic acids is 1. The Morgan fingerprint density at radius 2 is 2.00 bits per heavy atom. The number of ketones is 1. The normalized spacial score (nSPS) is 40.3. The van der Waals surface area contributed by atoms with E-state index in [-0.39, 0.29) is 17.3 Å². The molecule has 2 nitrogen and oxygen atoms in total. The summed E-state index contributed by atoms with van der Waals surface area (Å²) in [5.74, 6) is 0.725. The van der Waals surface area contributed by atoms with Crippen molar-refractivity contribution >= 4 is 5.78 Å². The largest absolute Gasteiger partial charge is 0.392 e. The van der Waals surface area contributed by atoms with Crippen LogP contribution in [0, 0.1) is 11.3 Å². The summed E-state index contributed by atoms with van der Waals surface area (Å²) >= 11 is 0. The van der Waals surface area contributed by atoms with E-state index in [1.165, 1.54) is 0 Å². The van der Waals surface area contributed by atoms with Gasteiger partial charge in [-0.3, -0.25) is 4.79 Å². The van der Waals surface area contributed by atoms with E-state index < -0.39 is 0 Å². The summed E-state index contributed by atoms with van der Waals surface area (Å²) in [5.41, 5.74) is -0.335. The van der Waals surface area contributed by atoms with Crippen molar-refractivity contribution in [1.29, 1.82) is 0 Å². The predicted molar refractivity (Wildman–Crippen MR) is 50.3 cm³/mol. The van der Waals surface area contributed by atoms with E-state index >= 15 is 0 Å². The number of Topliss-reactive ketones (excluding diaryl/α,β-unsaturated/α-hetero) is 1. The highest BCUT2D eigenvalue weighted by atomic mass is 16.3. The second-order valence-corrected chi connectivity index (χ2v) is 4.63. The molecule has 0 aromatic heterocycles. The molecule has 0 bridgehead atoms. The van der Waals surface area contributed by atoms with Crippen LogP contribution in [0.4, 0.5) is 0 Å². The van der Waals surface area contributed by atoms with Gasteiger partial charge in [-0.25, -0.2) is 0 Å². The maximum atomic E-state index is 11.7. The number of rotatable bonds is 2. The van der Waals surface area contributed by atoms with Crippen molar-refractivity contribution < 1.29 is 9.90 Å². The van der Waals surface area contributed by atoms with E-state index in [0.717, 1.165) is 38.5 Å². The summed E-state index contributed by atoms with van der Waals surface area (Å²) in [5, 5.41) is 9.98. The molecule has 2 heteroatoms. The smallest absolute Gasteiger partial charge is 0.138 e. The Labute approximate surface area is 79.3 Å². The molecule has 0 spiro atoms. The highest BCUT2D eigenvalue weighted by Crippen LogP contribution is 2.54. The van der Waals surface area contributed by atoms with Crippen LogP contribution < -0.4 is 0 Å². The predicted octanol–water partition coefficient (Wildman–Crippen LogP) is 1.91. The lowest BCUT2D eigenvalue weighted by Gasteiger charge is -2.39. The van der Waals surface area contributed by atoms with Crippen molar-refractivity contribution in [3.8, 4) is 0 Å². The molecule has 74 valence electrons. The minimum Gasteiger partial charge on any atom is -0.392 e. The molecule has 0 heterocycles. The Morgan fingerprint density at radius 3 is 2.46 bits per heavy atom. The first-order valence-corrected chi connectivity index (χ1v) is 5.37. The third-order valence-electron chi connectivity index (χ3n) is 3.87. The molecule has 0 amide bonds. The first-order chi connectivity index (χ1) is 6.18. The van der Waals surface area contributed by atoms with Crippen molar-refractivity contribution in [3.05, 3.63) is 0 Å². The van der Waals surface area contributed by atoms with Gasteiger partial charge in [0, 0.05) is 0 Å². The van der Waals surface area contributed by atoms with Gasteiger partial charge in [0.2, 0.25) is 0 Å². The van der Waals surface area contributed by atoms with Crippen LogP contribution in [0.1, 0.15) is 45.4 Å². The van der Waals surface area contributed by atoms with Crippen molar-refractivity contribution in [1.82, 2.24) is 0 Å². The molecular formula is C11H18O2. The van der Waals surface area contributed by atoms with Crippen molar-refractivity contribution in [2.75, 3.05) is 0 Å². The minimum absolute atomic E-state index is 0.224. The van der Waals surface area contributed by atoms with E-state index in [9.17, 15) is 9.90 Å². The Hall–Kier alpha value is -0.370. The van der Waals surface area contributed by atoms with Crippen LogP contribution in [-0.4, -0.2) is 17.0 Å². The Morgan fingerprint density at radius 1 is 1.31 bits per heavy atom. The maximum Gasteiger partial charge on any atom is 0.138 e. The molecule has 2 rings (SSSR count). The molecule has 0 aromatic rings. The monoisotopic (exact) mass is 182 g/mol. The van der Waals surface area contributed by atoms with E-state index in [4.69, 9.17) is 0 Å². The zero-order valence-electron chi connectivity index (χ0n) is 8.25. The highest BCUT2D eigenvalue weighted by molar-refractivity contribution is 5.84. The Kier molecular flexibility index (Phi) is 2.18. The topological polar surface area (TPSA) is 37.3 Å². The molecule has 0 saturated heterocycles. The molecule has 0 radical (unpaired) electrons. The van der Waals surface area contributed by atoms with Crippen LogP contribution in [-0.2, 0) is 4.79 Å². The summed E-state index contributed by atoms with van der Waals surface area (Å²) in [6.07, 6.45) is 5.90. The lowest BCUT2D eigenvalue weighted by molar-refractivity contribution is -0.139. The van der Waals surface area contributed by atoms with Gasteiger partial charge < -0.3 is 5.11 Å². The third-order valence-corrected chi connectivity index (χ3v) is 3.87. The second-order valence-electron chi connectivity index (χ2n) is 4.63. The number of hydrogen-bond donors (Lipinski definition) is 1. The van der Waals surface area contributed by atoms with Crippen LogP contribution in [0.5, 0.6) is 0 Å². The first-order valence-electron chi connectivity index (χ1n) is 5.37. The standard InChI is InChI=1S/C11H18O2/c1-8(12)11(9-5-6-9)7-3-2-4-10(11)13/h9-10,13H,2-7H2,1H3/t10-,11-/m0/s1. The molecule has 2 saturated carbocycles. The van der Waals surface area contributed by atoms with Crippen molar-refractivity contribution in [2.24, 2.45) is 11.3 Å². The molecule has 2 atom stereocenters. The average molecular weight is 182 g/mol. The van der Waals surface area contributed by atoms with E-state index in [2.05, 4.69) is 0 Å². The Bertz CT molecular complexity index is 220. The van der Waals surface area contributed by atoms with Gasteiger partial charge in [0.15, 0.2) is 0 Å². The van der Waals surface area contributed by atoms with Crippen LogP contribution in [0.3, 0.4) is 0 Å². The Balaban J connectivity index is 2.23. The SMILES string of the molecule is CC(=O)[C@]1(C2CC2)CCCC[C@@H]1O. The minimum atomic E-state index is -0.355. The van der Waals surface area contributed by atoms with Crippen LogP contribution in [0.2, 0.25) is 0 Å². The van der Waals surface area contributed by atoms with Crippen LogP contribution in [0.15, 0.2) is 0 Å². The molecule has 2 aliphatic rings. The lowest BCUT2D eigenvalue weighted by atomic mass is 9.66. The van der Waals surface area contributed by atoms with Gasteiger partial charge in [-0.1, -0.05) is 12.8 Å². The summed E-state index contributed by atoms with van der Waals surface area (Å²) in [4.78, 5) is 11.7. The second kappa shape index (κ2) is 3.09. The fraction of sp³-hybridized carbons (Fsp3) is 0.909. The highest BCUT2D eigenvalue weighted by Gasteiger charge is 2.53. The number of aliphatic hydroxyl groups is 1. The number of aliphatic hydroxyl groups excluding tert-OH is 1. The van der Waals surface area contributed by atoms with Crippen LogP contribution >= 0.6 is 0 Å². The summed E-state index contributed by atoms with van der Waals surface area (Å²) in [6, 6.07) is 0. The van der Waals surface area contributed by atoms with Gasteiger partial charge in [-0.05, 0) is 38.5 Å². The van der Waals surface area contributed by atoms with Gasteiger partial charge in [0.05, 0.1) is 11.5 Å². The molecule has 0 aliphatic heterocycles. The molecule has 1 N–H and O–H groups in total. The van der Waals surface area contributed by atoms with Gasteiger partial charge in [-0.2, -0.15) is 0 Å². The molecule has 0 unspecified atom stereocenters. The van der Waals surface area contributed by atoms with E-state index in [1.54, 1.807) is 6.92 Å². The quantitative estimate of drug-likeness (QED) is 0.708. The van der Waals surface area contributed by atoms with Gasteiger partial charge in [-0.15, -0.1) is 0 Å². The van der Waals surface area contributed by atoms with Crippen LogP contribution in [0.25, 0.3) is 0 Å². The third kappa shape index (κ3) is 1.32. The van der Waals surface area contributed by atoms with Crippen molar-refractivity contribution in [2.45, 2.75) is 51.6 Å². The number of hydrogen-bond acceptors (Lipinski definition) is 2.